The fourth-order valence-corrected chi connectivity index (χ4v) is 3.07. The minimum absolute atomic E-state index is 0.265. The first-order valence-electron chi connectivity index (χ1n) is 5.85. The summed E-state index contributed by atoms with van der Waals surface area (Å²) in [5, 5.41) is 14.2. The molecule has 0 radical (unpaired) electrons. The van der Waals surface area contributed by atoms with E-state index < -0.39 is 5.60 Å². The summed E-state index contributed by atoms with van der Waals surface area (Å²) in [4.78, 5) is 0. The first kappa shape index (κ1) is 9.37. The van der Waals surface area contributed by atoms with Crippen LogP contribution in [0.3, 0.4) is 0 Å². The predicted octanol–water partition coefficient (Wildman–Crippen LogP) is 1.57. The number of hydrogen-bond acceptors (Lipinski definition) is 2. The molecule has 0 saturated carbocycles. The Kier molecular flexibility index (Phi) is 2.08. The smallest absolute Gasteiger partial charge is 0.105 e. The summed E-state index contributed by atoms with van der Waals surface area (Å²) in [6.45, 7) is 1.05. The van der Waals surface area contributed by atoms with E-state index in [1.165, 1.54) is 12.0 Å². The number of aliphatic hydroxyl groups is 1. The normalized spacial score (nSPS) is 34.3. The van der Waals surface area contributed by atoms with Gasteiger partial charge < -0.3 is 10.4 Å². The molecule has 1 saturated heterocycles. The molecule has 1 heterocycles. The lowest BCUT2D eigenvalue weighted by atomic mass is 9.87. The van der Waals surface area contributed by atoms with Gasteiger partial charge in [0.15, 0.2) is 0 Å². The van der Waals surface area contributed by atoms with Gasteiger partial charge in [-0.05, 0) is 43.4 Å². The molecule has 1 fully saturated rings. The van der Waals surface area contributed by atoms with Crippen LogP contribution in [0.1, 0.15) is 30.4 Å². The van der Waals surface area contributed by atoms with Gasteiger partial charge in [0, 0.05) is 6.04 Å². The highest BCUT2D eigenvalue weighted by Gasteiger charge is 2.44. The minimum Gasteiger partial charge on any atom is -0.384 e. The third kappa shape index (κ3) is 1.32. The van der Waals surface area contributed by atoms with Crippen LogP contribution in [-0.4, -0.2) is 17.7 Å². The monoisotopic (exact) mass is 203 g/mol. The van der Waals surface area contributed by atoms with Crippen molar-refractivity contribution in [1.29, 1.82) is 0 Å². The van der Waals surface area contributed by atoms with E-state index >= 15 is 0 Å². The second kappa shape index (κ2) is 3.32. The average molecular weight is 203 g/mol. The van der Waals surface area contributed by atoms with Gasteiger partial charge in [0.1, 0.15) is 5.60 Å². The Morgan fingerprint density at radius 3 is 3.00 bits per heavy atom. The van der Waals surface area contributed by atoms with Gasteiger partial charge in [0.05, 0.1) is 0 Å². The summed E-state index contributed by atoms with van der Waals surface area (Å²) in [6.07, 6.45) is 4.19. The van der Waals surface area contributed by atoms with Crippen molar-refractivity contribution in [1.82, 2.24) is 5.32 Å². The van der Waals surface area contributed by atoms with Gasteiger partial charge in [0.25, 0.3) is 0 Å². The van der Waals surface area contributed by atoms with E-state index in [-0.39, 0.29) is 6.04 Å². The molecular formula is C13H17NO. The fraction of sp³-hybridized carbons (Fsp3) is 0.538. The van der Waals surface area contributed by atoms with Gasteiger partial charge in [-0.15, -0.1) is 0 Å². The molecule has 3 rings (SSSR count). The Bertz CT molecular complexity index is 371. The van der Waals surface area contributed by atoms with Crippen LogP contribution in [0.2, 0.25) is 0 Å². The molecule has 2 heteroatoms. The third-order valence-corrected chi connectivity index (χ3v) is 3.90. The van der Waals surface area contributed by atoms with E-state index in [1.54, 1.807) is 0 Å². The Morgan fingerprint density at radius 2 is 2.20 bits per heavy atom. The molecule has 2 unspecified atom stereocenters. The molecule has 2 N–H and O–H groups in total. The van der Waals surface area contributed by atoms with E-state index in [0.29, 0.717) is 0 Å². The van der Waals surface area contributed by atoms with Crippen molar-refractivity contribution < 1.29 is 5.11 Å². The Hall–Kier alpha value is -0.860. The van der Waals surface area contributed by atoms with Gasteiger partial charge in [-0.25, -0.2) is 0 Å². The number of fused-ring (bicyclic) bond motifs is 1. The van der Waals surface area contributed by atoms with Crippen molar-refractivity contribution in [3.8, 4) is 0 Å². The molecule has 2 nitrogen and oxygen atoms in total. The number of benzene rings is 1. The van der Waals surface area contributed by atoms with Gasteiger partial charge in [0.2, 0.25) is 0 Å². The quantitative estimate of drug-likeness (QED) is 0.726. The second-order valence-electron chi connectivity index (χ2n) is 4.73. The molecule has 1 aliphatic heterocycles. The zero-order valence-electron chi connectivity index (χ0n) is 8.87. The lowest BCUT2D eigenvalue weighted by molar-refractivity contribution is 0.00461. The zero-order chi connectivity index (χ0) is 10.3. The van der Waals surface area contributed by atoms with Crippen LogP contribution in [0, 0.1) is 0 Å². The molecule has 15 heavy (non-hydrogen) atoms. The van der Waals surface area contributed by atoms with Crippen LogP contribution in [0.4, 0.5) is 0 Å². The van der Waals surface area contributed by atoms with Crippen LogP contribution in [0.15, 0.2) is 24.3 Å². The summed E-state index contributed by atoms with van der Waals surface area (Å²) >= 11 is 0. The summed E-state index contributed by atoms with van der Waals surface area (Å²) < 4.78 is 0. The summed E-state index contributed by atoms with van der Waals surface area (Å²) in [6, 6.07) is 8.59. The maximum Gasteiger partial charge on any atom is 0.105 e. The topological polar surface area (TPSA) is 32.3 Å². The van der Waals surface area contributed by atoms with Crippen molar-refractivity contribution in [2.75, 3.05) is 6.54 Å². The maximum atomic E-state index is 10.8. The lowest BCUT2D eigenvalue weighted by Crippen LogP contribution is -2.43. The minimum atomic E-state index is -0.604. The van der Waals surface area contributed by atoms with Crippen molar-refractivity contribution in [2.45, 2.75) is 37.3 Å². The summed E-state index contributed by atoms with van der Waals surface area (Å²) in [5.74, 6) is 0. The van der Waals surface area contributed by atoms with Crippen LogP contribution in [0.5, 0.6) is 0 Å². The number of hydrogen-bond donors (Lipinski definition) is 2. The van der Waals surface area contributed by atoms with Crippen LogP contribution in [-0.2, 0) is 12.0 Å². The zero-order valence-corrected chi connectivity index (χ0v) is 8.87. The van der Waals surface area contributed by atoms with Crippen LogP contribution >= 0.6 is 0 Å². The lowest BCUT2D eigenvalue weighted by Gasteiger charge is -2.31. The highest BCUT2D eigenvalue weighted by molar-refractivity contribution is 5.38. The standard InChI is InChI=1S/C13H17NO/c15-13(12-6-3-9-14-12)8-7-10-4-1-2-5-11(10)13/h1-2,4-5,12,14-15H,3,6-9H2. The van der Waals surface area contributed by atoms with Crippen LogP contribution < -0.4 is 5.32 Å². The molecule has 2 atom stereocenters. The summed E-state index contributed by atoms with van der Waals surface area (Å²) in [5.41, 5.74) is 1.88. The van der Waals surface area contributed by atoms with Gasteiger partial charge in [-0.1, -0.05) is 24.3 Å². The fourth-order valence-electron chi connectivity index (χ4n) is 3.07. The average Bonchev–Trinajstić information content (AvgIpc) is 2.88. The summed E-state index contributed by atoms with van der Waals surface area (Å²) in [7, 11) is 0. The predicted molar refractivity (Wildman–Crippen MR) is 59.7 cm³/mol. The van der Waals surface area contributed by atoms with Gasteiger partial charge in [-0.2, -0.15) is 0 Å². The van der Waals surface area contributed by atoms with E-state index in [9.17, 15) is 5.11 Å². The van der Waals surface area contributed by atoms with Gasteiger partial charge >= 0.3 is 0 Å². The van der Waals surface area contributed by atoms with Crippen molar-refractivity contribution in [3.05, 3.63) is 35.4 Å². The molecular weight excluding hydrogens is 186 g/mol. The molecule has 1 aromatic carbocycles. The molecule has 1 aromatic rings. The van der Waals surface area contributed by atoms with E-state index in [0.717, 1.165) is 31.4 Å². The highest BCUT2D eigenvalue weighted by Crippen LogP contribution is 2.41. The first-order valence-corrected chi connectivity index (χ1v) is 5.85. The second-order valence-corrected chi connectivity index (χ2v) is 4.73. The number of aryl methyl sites for hydroxylation is 1. The Balaban J connectivity index is 2.00. The highest BCUT2D eigenvalue weighted by atomic mass is 16.3. The van der Waals surface area contributed by atoms with E-state index in [2.05, 4.69) is 23.5 Å². The molecule has 0 bridgehead atoms. The van der Waals surface area contributed by atoms with Crippen molar-refractivity contribution >= 4 is 0 Å². The maximum absolute atomic E-state index is 10.8. The molecule has 1 aliphatic carbocycles. The number of rotatable bonds is 1. The molecule has 2 aliphatic rings. The van der Waals surface area contributed by atoms with Gasteiger partial charge in [-0.3, -0.25) is 0 Å². The third-order valence-electron chi connectivity index (χ3n) is 3.90. The van der Waals surface area contributed by atoms with Crippen molar-refractivity contribution in [2.24, 2.45) is 0 Å². The molecule has 0 aromatic heterocycles. The molecule has 0 spiro atoms. The largest absolute Gasteiger partial charge is 0.384 e. The Morgan fingerprint density at radius 1 is 1.33 bits per heavy atom. The molecule has 0 amide bonds. The molecule has 80 valence electrons. The van der Waals surface area contributed by atoms with Crippen LogP contribution in [0.25, 0.3) is 0 Å². The first-order chi connectivity index (χ1) is 7.31. The number of nitrogens with one attached hydrogen (secondary N) is 1. The van der Waals surface area contributed by atoms with Crippen molar-refractivity contribution in [3.63, 3.8) is 0 Å². The van der Waals surface area contributed by atoms with E-state index in [1.807, 2.05) is 6.07 Å². The Labute approximate surface area is 90.3 Å². The SMILES string of the molecule is OC1(C2CCCN2)CCc2ccccc21. The van der Waals surface area contributed by atoms with E-state index in [4.69, 9.17) is 0 Å².